The van der Waals surface area contributed by atoms with Gasteiger partial charge in [0, 0.05) is 25.3 Å². The van der Waals surface area contributed by atoms with Gasteiger partial charge in [-0.25, -0.2) is 0 Å². The molecule has 1 aromatic rings. The number of carbonyl (C=O) groups is 1. The van der Waals surface area contributed by atoms with Gasteiger partial charge in [0.2, 0.25) is 5.78 Å². The first-order valence-corrected chi connectivity index (χ1v) is 7.06. The molecule has 16 heavy (non-hydrogen) atoms. The molecule has 0 unspecified atom stereocenters. The Labute approximate surface area is 111 Å². The van der Waals surface area contributed by atoms with E-state index in [0.29, 0.717) is 5.75 Å². The van der Waals surface area contributed by atoms with E-state index in [-0.39, 0.29) is 33.7 Å². The van der Waals surface area contributed by atoms with Gasteiger partial charge in [0.15, 0.2) is 5.75 Å². The summed E-state index contributed by atoms with van der Waals surface area (Å²) in [5.41, 5.74) is 1.90. The Morgan fingerprint density at radius 2 is 1.94 bits per heavy atom. The number of benzene rings is 1. The second-order valence-corrected chi connectivity index (χ2v) is 6.26. The Bertz CT molecular complexity index is 353. The van der Waals surface area contributed by atoms with Crippen molar-refractivity contribution in [3.63, 3.8) is 0 Å². The number of carbonyl (C=O) groups excluding carboxylic acids is 1. The highest BCUT2D eigenvalue weighted by Crippen LogP contribution is 2.14. The Morgan fingerprint density at radius 3 is 2.44 bits per heavy atom. The van der Waals surface area contributed by atoms with Crippen molar-refractivity contribution >= 4 is 22.4 Å². The lowest BCUT2D eigenvalue weighted by molar-refractivity contribution is -0.0000111. The van der Waals surface area contributed by atoms with Crippen molar-refractivity contribution in [1.82, 2.24) is 0 Å². The largest absolute Gasteiger partial charge is 1.00 e. The van der Waals surface area contributed by atoms with E-state index in [9.17, 15) is 4.79 Å². The number of anilines is 1. The van der Waals surface area contributed by atoms with E-state index in [1.165, 1.54) is 0 Å². The van der Waals surface area contributed by atoms with Crippen LogP contribution in [0.2, 0.25) is 0 Å². The summed E-state index contributed by atoms with van der Waals surface area (Å²) in [5.74, 6) is 0.892. The molecule has 0 aromatic heterocycles. The molecular formula is C12H18BrNOS. The average molecular weight is 304 g/mol. The lowest BCUT2D eigenvalue weighted by Crippen LogP contribution is -3.00. The highest BCUT2D eigenvalue weighted by Gasteiger charge is 2.14. The van der Waals surface area contributed by atoms with Gasteiger partial charge in [-0.15, -0.1) is 0 Å². The predicted molar refractivity (Wildman–Crippen MR) is 69.2 cm³/mol. The van der Waals surface area contributed by atoms with Crippen molar-refractivity contribution in [3.8, 4) is 0 Å². The van der Waals surface area contributed by atoms with Crippen molar-refractivity contribution in [2.24, 2.45) is 0 Å². The summed E-state index contributed by atoms with van der Waals surface area (Å²) in [6.45, 7) is 0. The van der Waals surface area contributed by atoms with Gasteiger partial charge in [-0.2, -0.15) is 0 Å². The minimum atomic E-state index is 0. The number of nitrogens with zero attached hydrogens (tertiary/aromatic N) is 1. The first kappa shape index (κ1) is 15.5. The van der Waals surface area contributed by atoms with Crippen LogP contribution in [0.4, 0.5) is 5.69 Å². The molecule has 0 saturated carbocycles. The molecule has 90 valence electrons. The maximum absolute atomic E-state index is 11.8. The number of rotatable bonds is 4. The molecule has 0 bridgehead atoms. The fourth-order valence-electron chi connectivity index (χ4n) is 1.30. The molecule has 0 spiro atoms. The number of ketones is 1. The van der Waals surface area contributed by atoms with Crippen molar-refractivity contribution in [1.29, 1.82) is 0 Å². The Balaban J connectivity index is 0.00000225. The minimum Gasteiger partial charge on any atom is -1.00 e. The second kappa shape index (κ2) is 6.97. The first-order valence-electron chi connectivity index (χ1n) is 4.85. The summed E-state index contributed by atoms with van der Waals surface area (Å²) in [6, 6.07) is 7.79. The topological polar surface area (TPSA) is 20.3 Å². The van der Waals surface area contributed by atoms with Gasteiger partial charge in [-0.05, 0) is 23.0 Å². The van der Waals surface area contributed by atoms with Gasteiger partial charge >= 0.3 is 0 Å². The van der Waals surface area contributed by atoms with Crippen LogP contribution >= 0.6 is 0 Å². The normalized spacial score (nSPS) is 9.81. The van der Waals surface area contributed by atoms with E-state index in [2.05, 4.69) is 12.5 Å². The molecule has 4 heteroatoms. The molecular weight excluding hydrogens is 286 g/mol. The third-order valence-corrected chi connectivity index (χ3v) is 2.94. The van der Waals surface area contributed by atoms with Crippen molar-refractivity contribution in [2.45, 2.75) is 0 Å². The van der Waals surface area contributed by atoms with Gasteiger partial charge in [-0.1, -0.05) is 12.1 Å². The highest BCUT2D eigenvalue weighted by molar-refractivity contribution is 7.96. The lowest BCUT2D eigenvalue weighted by atomic mass is 10.1. The number of hydrogen-bond acceptors (Lipinski definition) is 2. The van der Waals surface area contributed by atoms with Gasteiger partial charge in [0.05, 0.1) is 12.5 Å². The van der Waals surface area contributed by atoms with E-state index < -0.39 is 0 Å². The second-order valence-electron chi connectivity index (χ2n) is 4.00. The summed E-state index contributed by atoms with van der Waals surface area (Å²) in [6.07, 6.45) is 4.18. The zero-order chi connectivity index (χ0) is 11.4. The van der Waals surface area contributed by atoms with Crippen LogP contribution < -0.4 is 21.9 Å². The fraction of sp³-hybridized carbons (Fsp3) is 0.417. The van der Waals surface area contributed by atoms with E-state index in [0.717, 1.165) is 11.3 Å². The molecule has 0 aliphatic carbocycles. The van der Waals surface area contributed by atoms with Crippen LogP contribution in [-0.2, 0) is 10.9 Å². The summed E-state index contributed by atoms with van der Waals surface area (Å²) >= 11 is 0. The summed E-state index contributed by atoms with van der Waals surface area (Å²) < 4.78 is 0. The Morgan fingerprint density at radius 1 is 1.31 bits per heavy atom. The van der Waals surface area contributed by atoms with Crippen molar-refractivity contribution < 1.29 is 21.8 Å². The van der Waals surface area contributed by atoms with Crippen LogP contribution in [0, 0.1) is 0 Å². The average Bonchev–Trinajstić information content (AvgIpc) is 2.17. The molecule has 0 amide bonds. The van der Waals surface area contributed by atoms with Crippen LogP contribution in [-0.4, -0.2) is 38.1 Å². The highest BCUT2D eigenvalue weighted by atomic mass is 79.9. The Kier molecular flexibility index (Phi) is 6.76. The van der Waals surface area contributed by atoms with E-state index in [4.69, 9.17) is 0 Å². The first-order chi connectivity index (χ1) is 7.00. The van der Waals surface area contributed by atoms with Gasteiger partial charge in [0.25, 0.3) is 0 Å². The third kappa shape index (κ3) is 4.58. The minimum absolute atomic E-state index is 0. The van der Waals surface area contributed by atoms with Crippen molar-refractivity contribution in [3.05, 3.63) is 29.8 Å². The van der Waals surface area contributed by atoms with E-state index in [1.54, 1.807) is 0 Å². The molecule has 0 aliphatic rings. The molecule has 2 nitrogen and oxygen atoms in total. The molecule has 0 saturated heterocycles. The molecule has 0 fully saturated rings. The standard InChI is InChI=1S/C12H18NOS.BrH/c1-13(2)11-7-5-6-10(8-11)12(14)9-15(3)4;/h5-8H,9H2,1-4H3;1H/q+1;/p-1. The molecule has 0 atom stereocenters. The molecule has 1 rings (SSSR count). The quantitative estimate of drug-likeness (QED) is 0.515. The summed E-state index contributed by atoms with van der Waals surface area (Å²) in [5, 5.41) is 0. The zero-order valence-electron chi connectivity index (χ0n) is 10.2. The number of hydrogen-bond donors (Lipinski definition) is 0. The van der Waals surface area contributed by atoms with Gasteiger partial charge in [-0.3, -0.25) is 4.79 Å². The van der Waals surface area contributed by atoms with Crippen LogP contribution in [0.5, 0.6) is 0 Å². The molecule has 0 heterocycles. The van der Waals surface area contributed by atoms with Crippen molar-refractivity contribution in [2.75, 3.05) is 37.3 Å². The fourth-order valence-corrected chi connectivity index (χ4v) is 1.99. The van der Waals surface area contributed by atoms with Crippen LogP contribution in [0.15, 0.2) is 24.3 Å². The predicted octanol–water partition coefficient (Wildman–Crippen LogP) is -1.18. The van der Waals surface area contributed by atoms with Crippen LogP contribution in [0.25, 0.3) is 0 Å². The SMILES string of the molecule is CN(C)c1cccc(C(=O)C[S+](C)C)c1.[Br-]. The maximum atomic E-state index is 11.8. The molecule has 0 aliphatic heterocycles. The maximum Gasteiger partial charge on any atom is 0.211 e. The lowest BCUT2D eigenvalue weighted by Gasteiger charge is -2.12. The third-order valence-electron chi connectivity index (χ3n) is 2.10. The van der Waals surface area contributed by atoms with Crippen LogP contribution in [0.1, 0.15) is 10.4 Å². The van der Waals surface area contributed by atoms with E-state index in [1.807, 2.05) is 43.3 Å². The monoisotopic (exact) mass is 303 g/mol. The van der Waals surface area contributed by atoms with Gasteiger partial charge in [0.1, 0.15) is 0 Å². The molecule has 0 N–H and O–H groups in total. The van der Waals surface area contributed by atoms with E-state index >= 15 is 0 Å². The number of Topliss-reactive ketones (excluding diaryl/α,β-unsaturated/α-hetero) is 1. The summed E-state index contributed by atoms with van der Waals surface area (Å²) in [4.78, 5) is 13.8. The number of halogens is 1. The summed E-state index contributed by atoms with van der Waals surface area (Å²) in [7, 11) is 4.13. The molecule has 0 radical (unpaired) electrons. The zero-order valence-corrected chi connectivity index (χ0v) is 12.6. The Hall–Kier alpha value is -0.480. The van der Waals surface area contributed by atoms with Crippen LogP contribution in [0.3, 0.4) is 0 Å². The van der Waals surface area contributed by atoms with Gasteiger partial charge < -0.3 is 21.9 Å². The smallest absolute Gasteiger partial charge is 0.211 e. The molecule has 1 aromatic carbocycles.